The van der Waals surface area contributed by atoms with Crippen LogP contribution in [0.15, 0.2) is 67.3 Å². The molecule has 0 aliphatic heterocycles. The van der Waals surface area contributed by atoms with Crippen LogP contribution in [0.5, 0.6) is 0 Å². The van der Waals surface area contributed by atoms with Gasteiger partial charge in [-0.2, -0.15) is 0 Å². The molecule has 4 aromatic heterocycles. The second kappa shape index (κ2) is 7.96. The summed E-state index contributed by atoms with van der Waals surface area (Å²) in [6, 6.07) is 13.2. The number of rotatable bonds is 5. The summed E-state index contributed by atoms with van der Waals surface area (Å²) in [5, 5.41) is 1.55. The Kier molecular flexibility index (Phi) is 4.98. The molecule has 0 unspecified atom stereocenters. The van der Waals surface area contributed by atoms with Gasteiger partial charge in [0.1, 0.15) is 17.2 Å². The number of nitrogens with zero attached hydrogens (tertiary/aromatic N) is 3. The number of ketones is 1. The van der Waals surface area contributed by atoms with Crippen molar-refractivity contribution >= 4 is 27.7 Å². The van der Waals surface area contributed by atoms with Crippen molar-refractivity contribution in [2.24, 2.45) is 5.92 Å². The maximum absolute atomic E-state index is 15.1. The van der Waals surface area contributed by atoms with Crippen molar-refractivity contribution in [2.45, 2.75) is 20.3 Å². The van der Waals surface area contributed by atoms with E-state index in [1.807, 2.05) is 56.3 Å². The molecule has 0 atom stereocenters. The Morgan fingerprint density at radius 2 is 1.84 bits per heavy atom. The third-order valence-corrected chi connectivity index (χ3v) is 5.68. The lowest BCUT2D eigenvalue weighted by atomic mass is 9.96. The minimum atomic E-state index is -0.399. The van der Waals surface area contributed by atoms with E-state index in [0.717, 1.165) is 33.3 Å². The zero-order valence-electron chi connectivity index (χ0n) is 17.8. The maximum atomic E-state index is 15.1. The fourth-order valence-corrected chi connectivity index (χ4v) is 3.88. The maximum Gasteiger partial charge on any atom is 0.150 e. The Morgan fingerprint density at radius 3 is 2.56 bits per heavy atom. The summed E-state index contributed by atoms with van der Waals surface area (Å²) in [7, 11) is 0. The number of nitrogens with one attached hydrogen (secondary N) is 1. The highest BCUT2D eigenvalue weighted by Gasteiger charge is 2.17. The number of aromatic amines is 1. The number of H-pyrrole nitrogens is 1. The number of aromatic nitrogens is 4. The predicted molar refractivity (Wildman–Crippen MR) is 124 cm³/mol. The molecule has 0 saturated heterocycles. The monoisotopic (exact) mass is 424 g/mol. The summed E-state index contributed by atoms with van der Waals surface area (Å²) >= 11 is 0. The first-order valence-electron chi connectivity index (χ1n) is 10.5. The Bertz CT molecular complexity index is 1440. The highest BCUT2D eigenvalue weighted by molar-refractivity contribution is 6.13. The number of Topliss-reactive ketones (excluding diaryl/α,β-unsaturated/α-hetero) is 1. The molecule has 4 heterocycles. The normalized spacial score (nSPS) is 11.5. The lowest BCUT2D eigenvalue weighted by Gasteiger charge is -2.09. The quantitative estimate of drug-likeness (QED) is 0.390. The predicted octanol–water partition coefficient (Wildman–Crippen LogP) is 5.75. The summed E-state index contributed by atoms with van der Waals surface area (Å²) in [5.41, 5.74) is 5.15. The minimum Gasteiger partial charge on any atom is -0.338 e. The Labute approximate surface area is 184 Å². The molecule has 0 bridgehead atoms. The molecule has 5 rings (SSSR count). The van der Waals surface area contributed by atoms with Gasteiger partial charge in [-0.05, 0) is 29.3 Å². The van der Waals surface area contributed by atoms with Crippen LogP contribution >= 0.6 is 0 Å². The Balaban J connectivity index is 1.65. The molecule has 0 saturated carbocycles. The van der Waals surface area contributed by atoms with E-state index >= 15 is 4.39 Å². The topological polar surface area (TPSA) is 71.5 Å². The molecule has 0 fully saturated rings. The molecule has 32 heavy (non-hydrogen) atoms. The minimum absolute atomic E-state index is 0.0132. The zero-order chi connectivity index (χ0) is 22.2. The molecule has 0 aliphatic carbocycles. The third kappa shape index (κ3) is 3.54. The van der Waals surface area contributed by atoms with E-state index in [4.69, 9.17) is 0 Å². The summed E-state index contributed by atoms with van der Waals surface area (Å²) in [4.78, 5) is 28.3. The van der Waals surface area contributed by atoms with Crippen molar-refractivity contribution in [1.82, 2.24) is 19.9 Å². The van der Waals surface area contributed by atoms with E-state index in [1.165, 1.54) is 6.20 Å². The van der Waals surface area contributed by atoms with E-state index in [2.05, 4.69) is 19.9 Å². The average molecular weight is 424 g/mol. The van der Waals surface area contributed by atoms with E-state index in [0.29, 0.717) is 23.0 Å². The molecule has 158 valence electrons. The lowest BCUT2D eigenvalue weighted by molar-refractivity contribution is -0.121. The summed E-state index contributed by atoms with van der Waals surface area (Å²) in [5.74, 6) is -0.229. The van der Waals surface area contributed by atoms with Gasteiger partial charge in [0.05, 0.1) is 23.6 Å². The van der Waals surface area contributed by atoms with E-state index in [-0.39, 0.29) is 11.7 Å². The molecule has 0 amide bonds. The van der Waals surface area contributed by atoms with Crippen LogP contribution < -0.4 is 0 Å². The van der Waals surface area contributed by atoms with Gasteiger partial charge in [0, 0.05) is 46.6 Å². The molecule has 0 aliphatic rings. The van der Waals surface area contributed by atoms with Crippen LogP contribution in [0.25, 0.3) is 44.3 Å². The van der Waals surface area contributed by atoms with Gasteiger partial charge in [0.2, 0.25) is 0 Å². The molecule has 0 spiro atoms. The van der Waals surface area contributed by atoms with Crippen molar-refractivity contribution < 1.29 is 9.18 Å². The van der Waals surface area contributed by atoms with E-state index in [9.17, 15) is 4.79 Å². The fourth-order valence-electron chi connectivity index (χ4n) is 3.88. The fraction of sp³-hybridized carbons (Fsp3) is 0.154. The van der Waals surface area contributed by atoms with Crippen LogP contribution in [0.1, 0.15) is 19.4 Å². The molecular weight excluding hydrogens is 403 g/mol. The third-order valence-electron chi connectivity index (χ3n) is 5.68. The lowest BCUT2D eigenvalue weighted by Crippen LogP contribution is -2.09. The zero-order valence-corrected chi connectivity index (χ0v) is 17.8. The largest absolute Gasteiger partial charge is 0.338 e. The van der Waals surface area contributed by atoms with Crippen LogP contribution in [-0.4, -0.2) is 25.7 Å². The van der Waals surface area contributed by atoms with Gasteiger partial charge in [0.25, 0.3) is 0 Å². The van der Waals surface area contributed by atoms with Gasteiger partial charge in [0.15, 0.2) is 0 Å². The van der Waals surface area contributed by atoms with Gasteiger partial charge in [-0.25, -0.2) is 9.37 Å². The number of carbonyl (C=O) groups is 1. The molecule has 6 heteroatoms. The number of fused-ring (bicyclic) bond motifs is 3. The van der Waals surface area contributed by atoms with Gasteiger partial charge in [-0.1, -0.05) is 38.1 Å². The van der Waals surface area contributed by atoms with Crippen molar-refractivity contribution in [3.63, 3.8) is 0 Å². The highest BCUT2D eigenvalue weighted by Crippen LogP contribution is 2.36. The number of carbonyl (C=O) groups excluding carboxylic acids is 1. The second-order valence-electron chi connectivity index (χ2n) is 8.18. The molecular formula is C26H21FN4O. The average Bonchev–Trinajstić information content (AvgIpc) is 3.18. The summed E-state index contributed by atoms with van der Waals surface area (Å²) in [6.45, 7) is 3.79. The first-order chi connectivity index (χ1) is 15.5. The van der Waals surface area contributed by atoms with Gasteiger partial charge in [-0.15, -0.1) is 0 Å². The van der Waals surface area contributed by atoms with Gasteiger partial charge < -0.3 is 4.98 Å². The van der Waals surface area contributed by atoms with Crippen LogP contribution in [-0.2, 0) is 11.2 Å². The first kappa shape index (κ1) is 20.0. The Hall–Kier alpha value is -3.93. The van der Waals surface area contributed by atoms with Crippen LogP contribution in [0.3, 0.4) is 0 Å². The molecule has 1 N–H and O–H groups in total. The van der Waals surface area contributed by atoms with Crippen LogP contribution in [0.2, 0.25) is 0 Å². The number of hydrogen-bond acceptors (Lipinski definition) is 4. The van der Waals surface area contributed by atoms with E-state index < -0.39 is 5.82 Å². The molecule has 1 aromatic carbocycles. The number of benzene rings is 1. The number of hydrogen-bond donors (Lipinski definition) is 1. The second-order valence-corrected chi connectivity index (χ2v) is 8.18. The van der Waals surface area contributed by atoms with E-state index in [1.54, 1.807) is 18.6 Å². The Morgan fingerprint density at radius 1 is 1.03 bits per heavy atom. The standard InChI is InChI=1S/C26H21FN4O/c1-15(2)23(32)10-16-5-7-17(8-6-16)24-20(27)13-30-26-25(24)19-11-21(29-14-22(19)31-26)18-4-3-9-28-12-18/h3-9,11-15H,10H2,1-2H3,(H,30,31). The SMILES string of the molecule is CC(C)C(=O)Cc1ccc(-c2c(F)cnc3[nH]c4cnc(-c5cccnc5)cc4c23)cc1. The van der Waals surface area contributed by atoms with Crippen molar-refractivity contribution in [3.05, 3.63) is 78.6 Å². The molecule has 0 radical (unpaired) electrons. The van der Waals surface area contributed by atoms with Gasteiger partial charge >= 0.3 is 0 Å². The molecule has 5 nitrogen and oxygen atoms in total. The summed E-state index contributed by atoms with van der Waals surface area (Å²) in [6.07, 6.45) is 6.81. The van der Waals surface area contributed by atoms with Crippen molar-refractivity contribution in [3.8, 4) is 22.4 Å². The van der Waals surface area contributed by atoms with Crippen LogP contribution in [0, 0.1) is 11.7 Å². The number of pyridine rings is 3. The first-order valence-corrected chi connectivity index (χ1v) is 10.5. The molecule has 5 aromatic rings. The van der Waals surface area contributed by atoms with Crippen LogP contribution in [0.4, 0.5) is 4.39 Å². The van der Waals surface area contributed by atoms with Crippen molar-refractivity contribution in [1.29, 1.82) is 0 Å². The highest BCUT2D eigenvalue weighted by atomic mass is 19.1. The smallest absolute Gasteiger partial charge is 0.150 e. The number of halogens is 1. The van der Waals surface area contributed by atoms with Crippen molar-refractivity contribution in [2.75, 3.05) is 0 Å². The van der Waals surface area contributed by atoms with Gasteiger partial charge in [-0.3, -0.25) is 14.8 Å². The summed E-state index contributed by atoms with van der Waals surface area (Å²) < 4.78 is 15.1.